The largest absolute Gasteiger partial charge is 0.457 e. The van der Waals surface area contributed by atoms with Crippen LogP contribution >= 0.6 is 15.9 Å². The van der Waals surface area contributed by atoms with Gasteiger partial charge in [0, 0.05) is 10.9 Å². The van der Waals surface area contributed by atoms with Crippen LogP contribution in [0, 0.1) is 5.82 Å². The molecular weight excluding hydrogens is 311 g/mol. The Morgan fingerprint density at radius 3 is 2.42 bits per heavy atom. The Bertz CT molecular complexity index is 777. The molecule has 1 heterocycles. The lowest BCUT2D eigenvalue weighted by molar-refractivity contribution is 0.103. The van der Waals surface area contributed by atoms with E-state index in [0.29, 0.717) is 26.6 Å². The molecule has 0 amide bonds. The smallest absolute Gasteiger partial charge is 0.198 e. The van der Waals surface area contributed by atoms with Crippen LogP contribution in [0.15, 0.2) is 57.8 Å². The van der Waals surface area contributed by atoms with Crippen LogP contribution < -0.4 is 0 Å². The average molecular weight is 319 g/mol. The van der Waals surface area contributed by atoms with Gasteiger partial charge >= 0.3 is 0 Å². The number of benzene rings is 2. The Morgan fingerprint density at radius 2 is 1.74 bits per heavy atom. The first-order valence-corrected chi connectivity index (χ1v) is 6.42. The van der Waals surface area contributed by atoms with Gasteiger partial charge in [-0.25, -0.2) is 4.39 Å². The molecule has 0 radical (unpaired) electrons. The molecule has 2 aromatic carbocycles. The van der Waals surface area contributed by atoms with Crippen LogP contribution in [0.3, 0.4) is 0 Å². The molecule has 2 nitrogen and oxygen atoms in total. The Morgan fingerprint density at radius 1 is 1.00 bits per heavy atom. The molecule has 0 fully saturated rings. The molecule has 0 saturated carbocycles. The van der Waals surface area contributed by atoms with Crippen molar-refractivity contribution in [3.63, 3.8) is 0 Å². The van der Waals surface area contributed by atoms with Crippen molar-refractivity contribution in [2.45, 2.75) is 0 Å². The van der Waals surface area contributed by atoms with Crippen molar-refractivity contribution in [1.29, 1.82) is 0 Å². The minimum absolute atomic E-state index is 0.197. The molecule has 0 bridgehead atoms. The second-order valence-electron chi connectivity index (χ2n) is 4.08. The van der Waals surface area contributed by atoms with Crippen molar-refractivity contribution in [3.8, 4) is 0 Å². The molecule has 3 rings (SSSR count). The third-order valence-electron chi connectivity index (χ3n) is 2.98. The van der Waals surface area contributed by atoms with Gasteiger partial charge in [0.05, 0.1) is 11.8 Å². The summed E-state index contributed by atoms with van der Waals surface area (Å²) >= 11 is 3.18. The van der Waals surface area contributed by atoms with Crippen molar-refractivity contribution >= 4 is 32.5 Å². The topological polar surface area (TPSA) is 30.2 Å². The Hall–Kier alpha value is -1.94. The molecule has 0 aliphatic rings. The summed E-state index contributed by atoms with van der Waals surface area (Å²) in [5.74, 6) is -0.532. The van der Waals surface area contributed by atoms with E-state index >= 15 is 0 Å². The van der Waals surface area contributed by atoms with Gasteiger partial charge in [0.15, 0.2) is 10.5 Å². The molecule has 0 saturated heterocycles. The number of hydrogen-bond donors (Lipinski definition) is 0. The van der Waals surface area contributed by atoms with Crippen molar-refractivity contribution in [2.75, 3.05) is 0 Å². The van der Waals surface area contributed by atoms with Gasteiger partial charge in [-0.2, -0.15) is 0 Å². The van der Waals surface area contributed by atoms with Gasteiger partial charge < -0.3 is 4.42 Å². The molecule has 0 aliphatic heterocycles. The second kappa shape index (κ2) is 4.63. The van der Waals surface area contributed by atoms with Crippen molar-refractivity contribution in [2.24, 2.45) is 0 Å². The third-order valence-corrected chi connectivity index (χ3v) is 3.59. The fourth-order valence-electron chi connectivity index (χ4n) is 2.06. The molecule has 94 valence electrons. The van der Waals surface area contributed by atoms with Crippen molar-refractivity contribution < 1.29 is 13.6 Å². The summed E-state index contributed by atoms with van der Waals surface area (Å²) in [6.07, 6.45) is 1.43. The number of fused-ring (bicyclic) bond motifs is 1. The normalized spacial score (nSPS) is 10.8. The average Bonchev–Trinajstić information content (AvgIpc) is 2.85. The first-order valence-electron chi connectivity index (χ1n) is 5.63. The summed E-state index contributed by atoms with van der Waals surface area (Å²) in [4.78, 5) is 12.4. The Balaban J connectivity index is 2.24. The number of rotatable bonds is 2. The highest BCUT2D eigenvalue weighted by atomic mass is 79.9. The molecule has 0 N–H and O–H groups in total. The third kappa shape index (κ3) is 1.98. The van der Waals surface area contributed by atoms with Crippen LogP contribution in [0.5, 0.6) is 0 Å². The predicted molar refractivity (Wildman–Crippen MR) is 73.7 cm³/mol. The monoisotopic (exact) mass is 318 g/mol. The number of halogens is 2. The van der Waals surface area contributed by atoms with Crippen LogP contribution in [0.4, 0.5) is 4.39 Å². The first-order chi connectivity index (χ1) is 9.18. The fraction of sp³-hybridized carbons (Fsp3) is 0. The Kier molecular flexibility index (Phi) is 2.95. The van der Waals surface area contributed by atoms with Gasteiger partial charge in [0.25, 0.3) is 0 Å². The number of carbonyl (C=O) groups is 1. The molecule has 1 aromatic heterocycles. The van der Waals surface area contributed by atoms with Gasteiger partial charge in [0.1, 0.15) is 5.82 Å². The highest BCUT2D eigenvalue weighted by molar-refractivity contribution is 9.10. The summed E-state index contributed by atoms with van der Waals surface area (Å²) in [5.41, 5.74) is 0.885. The summed E-state index contributed by atoms with van der Waals surface area (Å²) in [5, 5.41) is 1.04. The van der Waals surface area contributed by atoms with Crippen LogP contribution in [-0.4, -0.2) is 5.78 Å². The highest BCUT2D eigenvalue weighted by Gasteiger charge is 2.18. The van der Waals surface area contributed by atoms with E-state index in [1.54, 1.807) is 30.3 Å². The van der Waals surface area contributed by atoms with Gasteiger partial charge in [-0.1, -0.05) is 24.3 Å². The van der Waals surface area contributed by atoms with Crippen LogP contribution in [0.25, 0.3) is 10.8 Å². The lowest BCUT2D eigenvalue weighted by Crippen LogP contribution is -2.02. The summed E-state index contributed by atoms with van der Waals surface area (Å²) < 4.78 is 19.2. The molecule has 19 heavy (non-hydrogen) atoms. The molecular formula is C15H8BrFO2. The van der Waals surface area contributed by atoms with E-state index < -0.39 is 0 Å². The standard InChI is InChI=1S/C15H8BrFO2/c16-15-12(7-8-19-15)14(18)11-5-6-13(17)10-4-2-1-3-9(10)11/h1-8H. The highest BCUT2D eigenvalue weighted by Crippen LogP contribution is 2.27. The maximum atomic E-state index is 13.7. The molecule has 0 spiro atoms. The maximum absolute atomic E-state index is 13.7. The van der Waals surface area contributed by atoms with Crippen LogP contribution in [0.1, 0.15) is 15.9 Å². The first kappa shape index (κ1) is 12.1. The lowest BCUT2D eigenvalue weighted by Gasteiger charge is -2.05. The zero-order valence-corrected chi connectivity index (χ0v) is 11.3. The lowest BCUT2D eigenvalue weighted by atomic mass is 9.98. The number of furan rings is 1. The van der Waals surface area contributed by atoms with E-state index in [2.05, 4.69) is 15.9 Å². The SMILES string of the molecule is O=C(c1ccoc1Br)c1ccc(F)c2ccccc12. The minimum Gasteiger partial charge on any atom is -0.457 e. The molecule has 0 atom stereocenters. The minimum atomic E-state index is -0.335. The second-order valence-corrected chi connectivity index (χ2v) is 4.80. The molecule has 0 unspecified atom stereocenters. The van der Waals surface area contributed by atoms with E-state index in [1.807, 2.05) is 0 Å². The number of hydrogen-bond acceptors (Lipinski definition) is 2. The van der Waals surface area contributed by atoms with E-state index in [-0.39, 0.29) is 11.6 Å². The summed E-state index contributed by atoms with van der Waals surface area (Å²) in [7, 11) is 0. The predicted octanol–water partition coefficient (Wildman–Crippen LogP) is 4.57. The van der Waals surface area contributed by atoms with E-state index in [1.165, 1.54) is 18.4 Å². The number of ketones is 1. The quantitative estimate of drug-likeness (QED) is 0.648. The maximum Gasteiger partial charge on any atom is 0.198 e. The van der Waals surface area contributed by atoms with Gasteiger partial charge in [-0.05, 0) is 39.5 Å². The van der Waals surface area contributed by atoms with Crippen LogP contribution in [0.2, 0.25) is 0 Å². The summed E-state index contributed by atoms with van der Waals surface area (Å²) in [6.45, 7) is 0. The zero-order chi connectivity index (χ0) is 13.4. The molecule has 3 aromatic rings. The van der Waals surface area contributed by atoms with Gasteiger partial charge in [0.2, 0.25) is 0 Å². The van der Waals surface area contributed by atoms with Crippen LogP contribution in [-0.2, 0) is 0 Å². The van der Waals surface area contributed by atoms with E-state index in [0.717, 1.165) is 0 Å². The van der Waals surface area contributed by atoms with Crippen molar-refractivity contribution in [3.05, 3.63) is 70.3 Å². The van der Waals surface area contributed by atoms with Gasteiger partial charge in [-0.15, -0.1) is 0 Å². The number of carbonyl (C=O) groups excluding carboxylic acids is 1. The molecule has 0 aliphatic carbocycles. The van der Waals surface area contributed by atoms with Crippen molar-refractivity contribution in [1.82, 2.24) is 0 Å². The zero-order valence-electron chi connectivity index (χ0n) is 9.69. The molecule has 4 heteroatoms. The fourth-order valence-corrected chi connectivity index (χ4v) is 2.48. The van der Waals surface area contributed by atoms with E-state index in [4.69, 9.17) is 4.42 Å². The summed E-state index contributed by atoms with van der Waals surface area (Å²) in [6, 6.07) is 11.3. The van der Waals surface area contributed by atoms with E-state index in [9.17, 15) is 9.18 Å². The Labute approximate surface area is 117 Å². The van der Waals surface area contributed by atoms with Gasteiger partial charge in [-0.3, -0.25) is 4.79 Å².